The second kappa shape index (κ2) is 6.84. The summed E-state index contributed by atoms with van der Waals surface area (Å²) in [5.41, 5.74) is 0. The van der Waals surface area contributed by atoms with Crippen molar-refractivity contribution in [3.8, 4) is 0 Å². The van der Waals surface area contributed by atoms with Gasteiger partial charge in [0.2, 0.25) is 0 Å². The van der Waals surface area contributed by atoms with Gasteiger partial charge in [-0.1, -0.05) is 18.2 Å². The smallest absolute Gasteiger partial charge is 0.152 e. The van der Waals surface area contributed by atoms with Crippen LogP contribution in [0.5, 0.6) is 0 Å². The molecule has 0 saturated heterocycles. The number of ether oxygens (including phenoxy) is 1. The second-order valence-electron chi connectivity index (χ2n) is 4.34. The first-order chi connectivity index (χ1) is 9.22. The van der Waals surface area contributed by atoms with Crippen LogP contribution in [0, 0.1) is 0 Å². The van der Waals surface area contributed by atoms with Gasteiger partial charge in [-0.15, -0.1) is 6.58 Å². The Balaban J connectivity index is 2.11. The van der Waals surface area contributed by atoms with Crippen LogP contribution in [0.15, 0.2) is 47.6 Å². The molecule has 0 spiro atoms. The first kappa shape index (κ1) is 14.2. The molecule has 102 valence electrons. The maximum absolute atomic E-state index is 10.3. The molecular weight excluding hydrogens is 308 g/mol. The molecule has 2 atom stereocenters. The zero-order valence-corrected chi connectivity index (χ0v) is 12.2. The Morgan fingerprint density at radius 2 is 2.42 bits per heavy atom. The number of halogens is 1. The number of pyridine rings is 1. The molecule has 1 aromatic heterocycles. The van der Waals surface area contributed by atoms with Gasteiger partial charge in [0, 0.05) is 10.7 Å². The molecule has 2 rings (SSSR count). The standard InChI is InChI=1S/C14H17BrN2O2/c1-2-9-19-13-6-4-3-5-12(13)17(18)14-8-7-11(15)10-16-14/h2,4,6-8,10,12-13,18H,1,3,5,9H2/t12-,13-/m1/s1. The van der Waals surface area contributed by atoms with Crippen LogP contribution in [0.25, 0.3) is 0 Å². The molecule has 0 amide bonds. The van der Waals surface area contributed by atoms with Crippen LogP contribution in [0.3, 0.4) is 0 Å². The fraction of sp³-hybridized carbons (Fsp3) is 0.357. The average Bonchev–Trinajstić information content (AvgIpc) is 2.45. The third-order valence-corrected chi connectivity index (χ3v) is 3.47. The summed E-state index contributed by atoms with van der Waals surface area (Å²) in [6, 6.07) is 3.50. The van der Waals surface area contributed by atoms with Crippen molar-refractivity contribution in [2.75, 3.05) is 11.7 Å². The van der Waals surface area contributed by atoms with Gasteiger partial charge in [-0.25, -0.2) is 10.0 Å². The number of anilines is 1. The van der Waals surface area contributed by atoms with Crippen molar-refractivity contribution in [2.45, 2.75) is 25.0 Å². The van der Waals surface area contributed by atoms with Crippen molar-refractivity contribution < 1.29 is 9.94 Å². The predicted molar refractivity (Wildman–Crippen MR) is 78.3 cm³/mol. The summed E-state index contributed by atoms with van der Waals surface area (Å²) in [4.78, 5) is 4.20. The largest absolute Gasteiger partial charge is 0.368 e. The summed E-state index contributed by atoms with van der Waals surface area (Å²) < 4.78 is 6.55. The Labute approximate surface area is 121 Å². The van der Waals surface area contributed by atoms with Crippen molar-refractivity contribution in [1.29, 1.82) is 0 Å². The number of hydrogen-bond acceptors (Lipinski definition) is 4. The predicted octanol–water partition coefficient (Wildman–Crippen LogP) is 3.33. The molecule has 5 heteroatoms. The fourth-order valence-corrected chi connectivity index (χ4v) is 2.31. The molecule has 0 unspecified atom stereocenters. The molecule has 0 aromatic carbocycles. The van der Waals surface area contributed by atoms with E-state index >= 15 is 0 Å². The van der Waals surface area contributed by atoms with E-state index in [9.17, 15) is 5.21 Å². The van der Waals surface area contributed by atoms with Crippen LogP contribution in [-0.2, 0) is 4.74 Å². The van der Waals surface area contributed by atoms with Crippen molar-refractivity contribution in [3.63, 3.8) is 0 Å². The number of hydroxylamine groups is 1. The molecule has 1 aliphatic carbocycles. The molecule has 0 aliphatic heterocycles. The quantitative estimate of drug-likeness (QED) is 0.666. The highest BCUT2D eigenvalue weighted by atomic mass is 79.9. The van der Waals surface area contributed by atoms with Crippen molar-refractivity contribution in [1.82, 2.24) is 4.98 Å². The highest BCUT2D eigenvalue weighted by molar-refractivity contribution is 9.10. The second-order valence-corrected chi connectivity index (χ2v) is 5.25. The van der Waals surface area contributed by atoms with Crippen LogP contribution < -0.4 is 5.06 Å². The van der Waals surface area contributed by atoms with Crippen LogP contribution >= 0.6 is 15.9 Å². The molecule has 19 heavy (non-hydrogen) atoms. The highest BCUT2D eigenvalue weighted by Crippen LogP contribution is 2.24. The van der Waals surface area contributed by atoms with Crippen LogP contribution in [0.4, 0.5) is 5.82 Å². The lowest BCUT2D eigenvalue weighted by atomic mass is 9.98. The molecule has 1 N–H and O–H groups in total. The summed E-state index contributed by atoms with van der Waals surface area (Å²) in [7, 11) is 0. The summed E-state index contributed by atoms with van der Waals surface area (Å²) in [6.45, 7) is 4.11. The summed E-state index contributed by atoms with van der Waals surface area (Å²) in [5, 5.41) is 11.5. The van der Waals surface area contributed by atoms with Crippen LogP contribution in [-0.4, -0.2) is 28.9 Å². The molecule has 0 radical (unpaired) electrons. The van der Waals surface area contributed by atoms with Crippen molar-refractivity contribution in [3.05, 3.63) is 47.6 Å². The van der Waals surface area contributed by atoms with E-state index in [0.717, 1.165) is 17.3 Å². The van der Waals surface area contributed by atoms with E-state index in [4.69, 9.17) is 4.74 Å². The molecule has 0 fully saturated rings. The SMILES string of the molecule is C=CCO[C@@H]1C=CCC[C@H]1N(O)c1ccc(Br)cn1. The zero-order chi connectivity index (χ0) is 13.7. The maximum Gasteiger partial charge on any atom is 0.152 e. The first-order valence-corrected chi connectivity index (χ1v) is 7.00. The lowest BCUT2D eigenvalue weighted by Gasteiger charge is -2.33. The van der Waals surface area contributed by atoms with E-state index in [0.29, 0.717) is 12.4 Å². The van der Waals surface area contributed by atoms with E-state index in [1.807, 2.05) is 12.1 Å². The van der Waals surface area contributed by atoms with Crippen molar-refractivity contribution >= 4 is 21.7 Å². The van der Waals surface area contributed by atoms with Crippen LogP contribution in [0.1, 0.15) is 12.8 Å². The van der Waals surface area contributed by atoms with Gasteiger partial charge in [0.25, 0.3) is 0 Å². The maximum atomic E-state index is 10.3. The Morgan fingerprint density at radius 1 is 1.58 bits per heavy atom. The monoisotopic (exact) mass is 324 g/mol. The van der Waals surface area contributed by atoms with Gasteiger partial charge in [-0.2, -0.15) is 0 Å². The normalized spacial score (nSPS) is 22.2. The number of aromatic nitrogens is 1. The summed E-state index contributed by atoms with van der Waals surface area (Å²) in [5.74, 6) is 0.524. The molecule has 4 nitrogen and oxygen atoms in total. The molecule has 0 saturated carbocycles. The number of nitrogens with zero attached hydrogens (tertiary/aromatic N) is 2. The fourth-order valence-electron chi connectivity index (χ4n) is 2.07. The zero-order valence-electron chi connectivity index (χ0n) is 10.6. The van der Waals surface area contributed by atoms with E-state index < -0.39 is 0 Å². The third kappa shape index (κ3) is 3.65. The topological polar surface area (TPSA) is 45.6 Å². The van der Waals surface area contributed by atoms with Gasteiger partial charge in [0.05, 0.1) is 18.8 Å². The van der Waals surface area contributed by atoms with Crippen molar-refractivity contribution in [2.24, 2.45) is 0 Å². The molecule has 0 bridgehead atoms. The third-order valence-electron chi connectivity index (χ3n) is 3.00. The lowest BCUT2D eigenvalue weighted by molar-refractivity contribution is 0.0495. The minimum atomic E-state index is -0.151. The van der Waals surface area contributed by atoms with E-state index in [1.54, 1.807) is 18.3 Å². The first-order valence-electron chi connectivity index (χ1n) is 6.21. The van der Waals surface area contributed by atoms with Gasteiger partial charge in [-0.05, 0) is 40.9 Å². The summed E-state index contributed by atoms with van der Waals surface area (Å²) >= 11 is 3.33. The van der Waals surface area contributed by atoms with E-state index in [2.05, 4.69) is 33.6 Å². The Kier molecular flexibility index (Phi) is 5.13. The number of hydrogen-bond donors (Lipinski definition) is 1. The molecule has 1 aliphatic rings. The van der Waals surface area contributed by atoms with Gasteiger partial charge in [0.15, 0.2) is 5.82 Å². The summed E-state index contributed by atoms with van der Waals surface area (Å²) in [6.07, 6.45) is 9.03. The molecule has 1 heterocycles. The molecular formula is C14H17BrN2O2. The van der Waals surface area contributed by atoms with Gasteiger partial charge in [0.1, 0.15) is 0 Å². The Hall–Kier alpha value is -1.17. The number of rotatable bonds is 5. The number of allylic oxidation sites excluding steroid dienone is 1. The highest BCUT2D eigenvalue weighted by Gasteiger charge is 2.28. The minimum absolute atomic E-state index is 0.126. The van der Waals surface area contributed by atoms with Gasteiger partial charge < -0.3 is 4.74 Å². The van der Waals surface area contributed by atoms with Gasteiger partial charge in [-0.3, -0.25) is 5.21 Å². The Morgan fingerprint density at radius 3 is 3.11 bits per heavy atom. The lowest BCUT2D eigenvalue weighted by Crippen LogP contribution is -2.44. The average molecular weight is 325 g/mol. The van der Waals surface area contributed by atoms with Crippen LogP contribution in [0.2, 0.25) is 0 Å². The van der Waals surface area contributed by atoms with E-state index in [1.165, 1.54) is 5.06 Å². The van der Waals surface area contributed by atoms with Gasteiger partial charge >= 0.3 is 0 Å². The van der Waals surface area contributed by atoms with E-state index in [-0.39, 0.29) is 12.1 Å². The Bertz CT molecular complexity index is 447. The molecule has 1 aromatic rings. The minimum Gasteiger partial charge on any atom is -0.368 e.